The van der Waals surface area contributed by atoms with Gasteiger partial charge in [-0.1, -0.05) is 6.07 Å². The summed E-state index contributed by atoms with van der Waals surface area (Å²) >= 11 is 0. The first-order valence-corrected chi connectivity index (χ1v) is 6.41. The lowest BCUT2D eigenvalue weighted by atomic mass is 10.1. The van der Waals surface area contributed by atoms with Crippen LogP contribution in [0.4, 0.5) is 4.39 Å². The number of aryl methyl sites for hydroxylation is 1. The molecule has 20 heavy (non-hydrogen) atoms. The standard InChI is InChI=1S/C17H13FN2/c1-12-2-4-16(18)9-15(12)11-20-7-6-14-8-13(10-19)3-5-17(14)20/h2-9H,11H2,1H3. The van der Waals surface area contributed by atoms with Crippen molar-refractivity contribution in [3.05, 3.63) is 71.2 Å². The van der Waals surface area contributed by atoms with E-state index in [2.05, 4.69) is 10.6 Å². The molecule has 2 aromatic carbocycles. The molecule has 0 fully saturated rings. The molecule has 3 heteroatoms. The number of benzene rings is 2. The molecule has 0 spiro atoms. The van der Waals surface area contributed by atoms with Crippen LogP contribution in [0.5, 0.6) is 0 Å². The summed E-state index contributed by atoms with van der Waals surface area (Å²) in [5, 5.41) is 9.93. The van der Waals surface area contributed by atoms with Crippen molar-refractivity contribution >= 4 is 10.9 Å². The molecule has 0 unspecified atom stereocenters. The van der Waals surface area contributed by atoms with Gasteiger partial charge in [0.05, 0.1) is 11.6 Å². The van der Waals surface area contributed by atoms with E-state index in [1.807, 2.05) is 31.3 Å². The quantitative estimate of drug-likeness (QED) is 0.687. The lowest BCUT2D eigenvalue weighted by molar-refractivity contribution is 0.623. The highest BCUT2D eigenvalue weighted by Crippen LogP contribution is 2.20. The van der Waals surface area contributed by atoms with Crippen molar-refractivity contribution in [2.24, 2.45) is 0 Å². The van der Waals surface area contributed by atoms with Gasteiger partial charge in [0.15, 0.2) is 0 Å². The van der Waals surface area contributed by atoms with Crippen molar-refractivity contribution in [1.29, 1.82) is 5.26 Å². The molecule has 1 heterocycles. The molecule has 3 aromatic rings. The fraction of sp³-hybridized carbons (Fsp3) is 0.118. The van der Waals surface area contributed by atoms with E-state index in [4.69, 9.17) is 5.26 Å². The van der Waals surface area contributed by atoms with E-state index in [1.54, 1.807) is 18.2 Å². The monoisotopic (exact) mass is 264 g/mol. The lowest BCUT2D eigenvalue weighted by Crippen LogP contribution is -2.00. The molecular formula is C17H13FN2. The Kier molecular flexibility index (Phi) is 3.00. The number of rotatable bonds is 2. The molecule has 3 rings (SSSR count). The third-order valence-electron chi connectivity index (χ3n) is 3.55. The molecule has 98 valence electrons. The fourth-order valence-electron chi connectivity index (χ4n) is 2.40. The first-order valence-electron chi connectivity index (χ1n) is 6.41. The predicted octanol–water partition coefficient (Wildman–Crippen LogP) is 4.01. The van der Waals surface area contributed by atoms with Crippen molar-refractivity contribution in [3.63, 3.8) is 0 Å². The van der Waals surface area contributed by atoms with Crippen molar-refractivity contribution in [2.75, 3.05) is 0 Å². The normalized spacial score (nSPS) is 10.7. The van der Waals surface area contributed by atoms with Crippen molar-refractivity contribution in [3.8, 4) is 6.07 Å². The van der Waals surface area contributed by atoms with E-state index in [1.165, 1.54) is 6.07 Å². The van der Waals surface area contributed by atoms with Crippen molar-refractivity contribution in [1.82, 2.24) is 4.57 Å². The van der Waals surface area contributed by atoms with Gasteiger partial charge >= 0.3 is 0 Å². The largest absolute Gasteiger partial charge is 0.343 e. The summed E-state index contributed by atoms with van der Waals surface area (Å²) in [6.45, 7) is 2.60. The van der Waals surface area contributed by atoms with E-state index in [-0.39, 0.29) is 5.82 Å². The van der Waals surface area contributed by atoms with Crippen LogP contribution in [-0.4, -0.2) is 4.57 Å². The summed E-state index contributed by atoms with van der Waals surface area (Å²) in [4.78, 5) is 0. The van der Waals surface area contributed by atoms with Gasteiger partial charge in [-0.25, -0.2) is 4.39 Å². The molecule has 0 aliphatic heterocycles. The van der Waals surface area contributed by atoms with E-state index >= 15 is 0 Å². The summed E-state index contributed by atoms with van der Waals surface area (Å²) in [6.07, 6.45) is 1.97. The number of nitriles is 1. The Balaban J connectivity index is 2.03. The van der Waals surface area contributed by atoms with Crippen LogP contribution in [0.3, 0.4) is 0 Å². The second-order valence-electron chi connectivity index (χ2n) is 4.90. The molecular weight excluding hydrogens is 251 g/mol. The summed E-state index contributed by atoms with van der Waals surface area (Å²) in [5.74, 6) is -0.214. The zero-order valence-corrected chi connectivity index (χ0v) is 11.1. The summed E-state index contributed by atoms with van der Waals surface area (Å²) < 4.78 is 15.4. The summed E-state index contributed by atoms with van der Waals surface area (Å²) in [5.41, 5.74) is 3.73. The van der Waals surface area contributed by atoms with Gasteiger partial charge in [-0.15, -0.1) is 0 Å². The van der Waals surface area contributed by atoms with Crippen LogP contribution in [0.15, 0.2) is 48.7 Å². The number of hydrogen-bond donors (Lipinski definition) is 0. The highest BCUT2D eigenvalue weighted by atomic mass is 19.1. The Morgan fingerprint density at radius 2 is 2.00 bits per heavy atom. The molecule has 2 nitrogen and oxygen atoms in total. The van der Waals surface area contributed by atoms with Gasteiger partial charge in [0, 0.05) is 23.6 Å². The molecule has 0 N–H and O–H groups in total. The van der Waals surface area contributed by atoms with Gasteiger partial charge in [0.2, 0.25) is 0 Å². The van der Waals surface area contributed by atoms with Crippen LogP contribution < -0.4 is 0 Å². The molecule has 0 aliphatic carbocycles. The Morgan fingerprint density at radius 1 is 1.15 bits per heavy atom. The third-order valence-corrected chi connectivity index (χ3v) is 3.55. The third kappa shape index (κ3) is 2.17. The Morgan fingerprint density at radius 3 is 2.80 bits per heavy atom. The molecule has 0 atom stereocenters. The second-order valence-corrected chi connectivity index (χ2v) is 4.90. The minimum Gasteiger partial charge on any atom is -0.343 e. The Labute approximate surface area is 116 Å². The SMILES string of the molecule is Cc1ccc(F)cc1Cn1ccc2cc(C#N)ccc21. The van der Waals surface area contributed by atoms with Gasteiger partial charge in [-0.2, -0.15) is 5.26 Å². The van der Waals surface area contributed by atoms with Crippen LogP contribution in [0.2, 0.25) is 0 Å². The van der Waals surface area contributed by atoms with E-state index in [0.717, 1.165) is 22.0 Å². The van der Waals surface area contributed by atoms with E-state index in [0.29, 0.717) is 12.1 Å². The zero-order chi connectivity index (χ0) is 14.1. The molecule has 1 aromatic heterocycles. The van der Waals surface area contributed by atoms with Crippen molar-refractivity contribution in [2.45, 2.75) is 13.5 Å². The molecule has 0 aliphatic rings. The number of hydrogen-bond acceptors (Lipinski definition) is 1. The number of aromatic nitrogens is 1. The van der Waals surface area contributed by atoms with Crippen molar-refractivity contribution < 1.29 is 4.39 Å². The van der Waals surface area contributed by atoms with Gasteiger partial charge in [0.25, 0.3) is 0 Å². The topological polar surface area (TPSA) is 28.7 Å². The second kappa shape index (κ2) is 4.82. The number of nitrogens with zero attached hydrogens (tertiary/aromatic N) is 2. The Bertz CT molecular complexity index is 825. The molecule has 0 radical (unpaired) electrons. The van der Waals surface area contributed by atoms with Gasteiger partial charge in [-0.3, -0.25) is 0 Å². The Hall–Kier alpha value is -2.60. The van der Waals surface area contributed by atoms with Crippen LogP contribution >= 0.6 is 0 Å². The zero-order valence-electron chi connectivity index (χ0n) is 11.1. The summed E-state index contributed by atoms with van der Waals surface area (Å²) in [6, 6.07) is 14.6. The van der Waals surface area contributed by atoms with Crippen LogP contribution in [0, 0.1) is 24.1 Å². The highest BCUT2D eigenvalue weighted by molar-refractivity contribution is 5.81. The minimum absolute atomic E-state index is 0.214. The van der Waals surface area contributed by atoms with Crippen LogP contribution in [-0.2, 0) is 6.54 Å². The minimum atomic E-state index is -0.214. The number of halogens is 1. The first-order chi connectivity index (χ1) is 9.67. The van der Waals surface area contributed by atoms with E-state index < -0.39 is 0 Å². The molecule has 0 amide bonds. The maximum atomic E-state index is 13.3. The highest BCUT2D eigenvalue weighted by Gasteiger charge is 2.05. The fourth-order valence-corrected chi connectivity index (χ4v) is 2.40. The van der Waals surface area contributed by atoms with Gasteiger partial charge in [-0.05, 0) is 54.4 Å². The average molecular weight is 264 g/mol. The average Bonchev–Trinajstić information content (AvgIpc) is 2.85. The van der Waals surface area contributed by atoms with E-state index in [9.17, 15) is 4.39 Å². The van der Waals surface area contributed by atoms with Gasteiger partial charge < -0.3 is 4.57 Å². The maximum absolute atomic E-state index is 13.3. The van der Waals surface area contributed by atoms with Crippen LogP contribution in [0.25, 0.3) is 10.9 Å². The lowest BCUT2D eigenvalue weighted by Gasteiger charge is -2.09. The molecule has 0 saturated carbocycles. The smallest absolute Gasteiger partial charge is 0.123 e. The predicted molar refractivity (Wildman–Crippen MR) is 76.9 cm³/mol. The molecule has 0 saturated heterocycles. The number of fused-ring (bicyclic) bond motifs is 1. The summed E-state index contributed by atoms with van der Waals surface area (Å²) in [7, 11) is 0. The maximum Gasteiger partial charge on any atom is 0.123 e. The first kappa shape index (κ1) is 12.4. The van der Waals surface area contributed by atoms with Crippen LogP contribution in [0.1, 0.15) is 16.7 Å². The van der Waals surface area contributed by atoms with Gasteiger partial charge in [0.1, 0.15) is 5.82 Å². The molecule has 0 bridgehead atoms.